The van der Waals surface area contributed by atoms with Crippen molar-refractivity contribution in [2.24, 2.45) is 5.92 Å². The Morgan fingerprint density at radius 1 is 1.25 bits per heavy atom. The highest BCUT2D eigenvalue weighted by Gasteiger charge is 2.19. The second kappa shape index (κ2) is 6.99. The average Bonchev–Trinajstić information content (AvgIpc) is 2.41. The van der Waals surface area contributed by atoms with E-state index in [1.54, 1.807) is 0 Å². The number of hydrogen-bond donors (Lipinski definition) is 1. The predicted molar refractivity (Wildman–Crippen MR) is 83.0 cm³/mol. The van der Waals surface area contributed by atoms with E-state index < -0.39 is 0 Å². The van der Waals surface area contributed by atoms with Gasteiger partial charge in [0.15, 0.2) is 0 Å². The number of piperazine rings is 1. The summed E-state index contributed by atoms with van der Waals surface area (Å²) in [6, 6.07) is 0. The maximum Gasteiger partial charge on any atom is 0.225 e. The molecular formula is C15H27N5. The summed E-state index contributed by atoms with van der Waals surface area (Å²) in [7, 11) is 1.95. The first-order chi connectivity index (χ1) is 9.60. The summed E-state index contributed by atoms with van der Waals surface area (Å²) in [6.45, 7) is 12.9. The van der Waals surface area contributed by atoms with Crippen LogP contribution in [0.1, 0.15) is 25.1 Å². The van der Waals surface area contributed by atoms with E-state index in [0.717, 1.165) is 50.3 Å². The normalized spacial score (nSPS) is 16.9. The van der Waals surface area contributed by atoms with Crippen LogP contribution in [0, 0.1) is 12.8 Å². The maximum atomic E-state index is 4.66. The van der Waals surface area contributed by atoms with Gasteiger partial charge in [-0.05, 0) is 19.9 Å². The molecule has 0 saturated carbocycles. The van der Waals surface area contributed by atoms with E-state index >= 15 is 0 Å². The van der Waals surface area contributed by atoms with Crippen LogP contribution in [0.25, 0.3) is 0 Å². The molecule has 0 aliphatic carbocycles. The van der Waals surface area contributed by atoms with Crippen molar-refractivity contribution in [3.8, 4) is 0 Å². The minimum Gasteiger partial charge on any atom is -0.338 e. The van der Waals surface area contributed by atoms with Crippen LogP contribution in [-0.4, -0.2) is 54.6 Å². The lowest BCUT2D eigenvalue weighted by Gasteiger charge is -2.35. The molecular weight excluding hydrogens is 250 g/mol. The van der Waals surface area contributed by atoms with Crippen molar-refractivity contribution < 1.29 is 0 Å². The molecule has 112 valence electrons. The van der Waals surface area contributed by atoms with E-state index in [1.807, 2.05) is 13.2 Å². The zero-order chi connectivity index (χ0) is 14.5. The summed E-state index contributed by atoms with van der Waals surface area (Å²) in [6.07, 6.45) is 1.95. The molecule has 0 aromatic carbocycles. The lowest BCUT2D eigenvalue weighted by Crippen LogP contribution is -2.48. The molecule has 5 nitrogen and oxygen atoms in total. The topological polar surface area (TPSA) is 44.3 Å². The number of hydrogen-bond acceptors (Lipinski definition) is 5. The van der Waals surface area contributed by atoms with E-state index in [4.69, 9.17) is 0 Å². The standard InChI is InChI=1S/C15H27N5/c1-12(2)11-19-5-7-20(8-6-19)15-17-10-14(9-16-4)13(3)18-15/h10,12,16H,5-9,11H2,1-4H3. The molecule has 0 radical (unpaired) electrons. The number of nitrogens with one attached hydrogen (secondary N) is 1. The molecule has 0 atom stereocenters. The molecule has 2 heterocycles. The zero-order valence-electron chi connectivity index (χ0n) is 13.2. The molecule has 1 aromatic heterocycles. The summed E-state index contributed by atoms with van der Waals surface area (Å²) in [5.41, 5.74) is 2.25. The smallest absolute Gasteiger partial charge is 0.225 e. The molecule has 0 spiro atoms. The van der Waals surface area contributed by atoms with Crippen LogP contribution in [0.3, 0.4) is 0 Å². The molecule has 5 heteroatoms. The molecule has 1 aliphatic heterocycles. The van der Waals surface area contributed by atoms with Crippen molar-refractivity contribution in [2.45, 2.75) is 27.3 Å². The van der Waals surface area contributed by atoms with Gasteiger partial charge in [0.2, 0.25) is 5.95 Å². The van der Waals surface area contributed by atoms with Crippen molar-refractivity contribution in [3.05, 3.63) is 17.5 Å². The second-order valence-corrected chi connectivity index (χ2v) is 5.99. The van der Waals surface area contributed by atoms with E-state index in [1.165, 1.54) is 12.1 Å². The predicted octanol–water partition coefficient (Wildman–Crippen LogP) is 1.28. The van der Waals surface area contributed by atoms with Crippen LogP contribution in [0.5, 0.6) is 0 Å². The Kier molecular flexibility index (Phi) is 5.31. The number of nitrogens with zero attached hydrogens (tertiary/aromatic N) is 4. The molecule has 1 aliphatic rings. The fraction of sp³-hybridized carbons (Fsp3) is 0.733. The largest absolute Gasteiger partial charge is 0.338 e. The Morgan fingerprint density at radius 3 is 2.50 bits per heavy atom. The van der Waals surface area contributed by atoms with Gasteiger partial charge in [0.1, 0.15) is 0 Å². The van der Waals surface area contributed by atoms with Crippen molar-refractivity contribution in [2.75, 3.05) is 44.7 Å². The van der Waals surface area contributed by atoms with Crippen LogP contribution in [-0.2, 0) is 6.54 Å². The molecule has 1 N–H and O–H groups in total. The molecule has 1 saturated heterocycles. The van der Waals surface area contributed by atoms with Gasteiger partial charge in [-0.25, -0.2) is 9.97 Å². The molecule has 1 aromatic rings. The van der Waals surface area contributed by atoms with Gasteiger partial charge >= 0.3 is 0 Å². The Morgan fingerprint density at radius 2 is 1.95 bits per heavy atom. The summed E-state index contributed by atoms with van der Waals surface area (Å²) in [4.78, 5) is 14.0. The highest BCUT2D eigenvalue weighted by Crippen LogP contribution is 2.14. The van der Waals surface area contributed by atoms with Gasteiger partial charge in [0.25, 0.3) is 0 Å². The highest BCUT2D eigenvalue weighted by molar-refractivity contribution is 5.33. The van der Waals surface area contributed by atoms with Crippen molar-refractivity contribution in [3.63, 3.8) is 0 Å². The Balaban J connectivity index is 1.95. The fourth-order valence-corrected chi connectivity index (χ4v) is 2.64. The summed E-state index contributed by atoms with van der Waals surface area (Å²) in [5.74, 6) is 1.62. The average molecular weight is 277 g/mol. The van der Waals surface area contributed by atoms with Crippen LogP contribution >= 0.6 is 0 Å². The number of aromatic nitrogens is 2. The molecule has 2 rings (SSSR count). The first kappa shape index (κ1) is 15.2. The van der Waals surface area contributed by atoms with Crippen molar-refractivity contribution in [1.82, 2.24) is 20.2 Å². The van der Waals surface area contributed by atoms with E-state index in [2.05, 4.69) is 45.9 Å². The van der Waals surface area contributed by atoms with E-state index in [-0.39, 0.29) is 0 Å². The zero-order valence-corrected chi connectivity index (χ0v) is 13.2. The fourth-order valence-electron chi connectivity index (χ4n) is 2.64. The van der Waals surface area contributed by atoms with Gasteiger partial charge in [0.05, 0.1) is 0 Å². The number of aryl methyl sites for hydroxylation is 1. The highest BCUT2D eigenvalue weighted by atomic mass is 15.3. The summed E-state index contributed by atoms with van der Waals surface area (Å²) >= 11 is 0. The van der Waals surface area contributed by atoms with Crippen molar-refractivity contribution in [1.29, 1.82) is 0 Å². The Hall–Kier alpha value is -1.20. The lowest BCUT2D eigenvalue weighted by atomic mass is 10.2. The molecule has 20 heavy (non-hydrogen) atoms. The van der Waals surface area contributed by atoms with Gasteiger partial charge in [-0.3, -0.25) is 4.90 Å². The van der Waals surface area contributed by atoms with Gasteiger partial charge in [-0.15, -0.1) is 0 Å². The minimum absolute atomic E-state index is 0.737. The van der Waals surface area contributed by atoms with Crippen molar-refractivity contribution >= 4 is 5.95 Å². The number of rotatable bonds is 5. The summed E-state index contributed by atoms with van der Waals surface area (Å²) in [5, 5.41) is 3.15. The minimum atomic E-state index is 0.737. The Labute approximate surface area is 122 Å². The molecule has 0 bridgehead atoms. The molecule has 1 fully saturated rings. The van der Waals surface area contributed by atoms with Crippen LogP contribution < -0.4 is 10.2 Å². The van der Waals surface area contributed by atoms with E-state index in [0.29, 0.717) is 0 Å². The van der Waals surface area contributed by atoms with Gasteiger partial charge in [-0.1, -0.05) is 13.8 Å². The van der Waals surface area contributed by atoms with Crippen LogP contribution in [0.4, 0.5) is 5.95 Å². The third-order valence-electron chi connectivity index (χ3n) is 3.71. The van der Waals surface area contributed by atoms with Crippen LogP contribution in [0.2, 0.25) is 0 Å². The lowest BCUT2D eigenvalue weighted by molar-refractivity contribution is 0.230. The second-order valence-electron chi connectivity index (χ2n) is 5.99. The summed E-state index contributed by atoms with van der Waals surface area (Å²) < 4.78 is 0. The molecule has 0 unspecified atom stereocenters. The van der Waals surface area contributed by atoms with E-state index in [9.17, 15) is 0 Å². The quantitative estimate of drug-likeness (QED) is 0.878. The first-order valence-corrected chi connectivity index (χ1v) is 7.54. The third kappa shape index (κ3) is 3.90. The van der Waals surface area contributed by atoms with Gasteiger partial charge in [-0.2, -0.15) is 0 Å². The first-order valence-electron chi connectivity index (χ1n) is 7.54. The Bertz CT molecular complexity index is 424. The van der Waals surface area contributed by atoms with Gasteiger partial charge in [0, 0.05) is 56.7 Å². The maximum absolute atomic E-state index is 4.66. The SMILES string of the molecule is CNCc1cnc(N2CCN(CC(C)C)CC2)nc1C. The van der Waals surface area contributed by atoms with Crippen LogP contribution in [0.15, 0.2) is 6.20 Å². The monoisotopic (exact) mass is 277 g/mol. The third-order valence-corrected chi connectivity index (χ3v) is 3.71. The number of anilines is 1. The molecule has 0 amide bonds. The van der Waals surface area contributed by atoms with Gasteiger partial charge < -0.3 is 10.2 Å².